The van der Waals surface area contributed by atoms with E-state index in [0.29, 0.717) is 18.8 Å². The van der Waals surface area contributed by atoms with E-state index in [1.165, 1.54) is 29.2 Å². The smallest absolute Gasteiger partial charge is 0.303 e. The third kappa shape index (κ3) is 3.61. The molecule has 0 N–H and O–H groups in total. The van der Waals surface area contributed by atoms with Crippen LogP contribution >= 0.6 is 0 Å². The van der Waals surface area contributed by atoms with Crippen LogP contribution < -0.4 is 4.90 Å². The first-order valence-corrected chi connectivity index (χ1v) is 13.0. The summed E-state index contributed by atoms with van der Waals surface area (Å²) in [6, 6.07) is 8.76. The molecule has 0 amide bonds. The maximum Gasteiger partial charge on any atom is 0.303 e. The van der Waals surface area contributed by atoms with E-state index < -0.39 is 11.0 Å². The van der Waals surface area contributed by atoms with E-state index in [9.17, 15) is 14.4 Å². The number of Topliss-reactive ketones (excluding diaryl/α,β-unsaturated/α-hetero) is 1. The number of benzene rings is 1. The molecule has 5 heteroatoms. The molecule has 4 aliphatic rings. The fraction of sp³-hybridized carbons (Fsp3) is 0.567. The van der Waals surface area contributed by atoms with Crippen LogP contribution in [0.5, 0.6) is 0 Å². The van der Waals surface area contributed by atoms with Gasteiger partial charge in [-0.1, -0.05) is 24.6 Å². The fourth-order valence-corrected chi connectivity index (χ4v) is 8.02. The number of fused-ring (bicyclic) bond motifs is 4. The van der Waals surface area contributed by atoms with E-state index in [1.54, 1.807) is 6.92 Å². The first-order chi connectivity index (χ1) is 16.6. The van der Waals surface area contributed by atoms with Crippen LogP contribution in [0.3, 0.4) is 0 Å². The Balaban J connectivity index is 1.68. The highest BCUT2D eigenvalue weighted by Crippen LogP contribution is 2.67. The van der Waals surface area contributed by atoms with Crippen LogP contribution in [0.15, 0.2) is 47.1 Å². The molecule has 2 fully saturated rings. The molecule has 0 aliphatic heterocycles. The second-order valence-electron chi connectivity index (χ2n) is 11.5. The van der Waals surface area contributed by atoms with Gasteiger partial charge in [0.1, 0.15) is 0 Å². The number of hydrogen-bond acceptors (Lipinski definition) is 5. The molecule has 3 unspecified atom stereocenters. The number of hydrogen-bond donors (Lipinski definition) is 0. The van der Waals surface area contributed by atoms with Gasteiger partial charge in [0.15, 0.2) is 17.2 Å². The molecular formula is C30H37NO4. The largest absolute Gasteiger partial charge is 0.451 e. The highest BCUT2D eigenvalue weighted by molar-refractivity contribution is 5.93. The summed E-state index contributed by atoms with van der Waals surface area (Å²) in [6.07, 6.45) is 7.41. The third-order valence-electron chi connectivity index (χ3n) is 9.55. The van der Waals surface area contributed by atoms with Crippen LogP contribution in [0, 0.1) is 17.3 Å². The van der Waals surface area contributed by atoms with E-state index in [2.05, 4.69) is 36.1 Å². The van der Waals surface area contributed by atoms with E-state index in [4.69, 9.17) is 4.74 Å². The zero-order chi connectivity index (χ0) is 25.1. The van der Waals surface area contributed by atoms with Gasteiger partial charge in [-0.15, -0.1) is 0 Å². The number of ketones is 2. The van der Waals surface area contributed by atoms with Crippen molar-refractivity contribution in [3.63, 3.8) is 0 Å². The number of esters is 1. The van der Waals surface area contributed by atoms with Crippen LogP contribution in [0.25, 0.3) is 0 Å². The second kappa shape index (κ2) is 8.46. The molecule has 1 aromatic carbocycles. The Labute approximate surface area is 208 Å². The summed E-state index contributed by atoms with van der Waals surface area (Å²) in [5, 5.41) is 0. The first kappa shape index (κ1) is 24.0. The number of carbonyl (C=O) groups excluding carboxylic acids is 3. The fourth-order valence-electron chi connectivity index (χ4n) is 8.02. The van der Waals surface area contributed by atoms with Crippen molar-refractivity contribution in [3.05, 3.63) is 52.6 Å². The molecule has 186 valence electrons. The minimum Gasteiger partial charge on any atom is -0.451 e. The summed E-state index contributed by atoms with van der Waals surface area (Å²) in [6.45, 7) is 5.22. The quantitative estimate of drug-likeness (QED) is 0.535. The number of anilines is 1. The Morgan fingerprint density at radius 2 is 1.74 bits per heavy atom. The van der Waals surface area contributed by atoms with Crippen molar-refractivity contribution in [2.24, 2.45) is 17.3 Å². The van der Waals surface area contributed by atoms with Gasteiger partial charge in [-0.25, -0.2) is 0 Å². The van der Waals surface area contributed by atoms with Crippen molar-refractivity contribution in [3.8, 4) is 0 Å². The SMILES string of the molecule is CC(=O)O[C@]1(C(C)=O)CC[C@H]2C3CCC4=CC(=O)CCC4=C3C(c3ccc(N(C)C)cc3)CC21C. The first-order valence-electron chi connectivity index (χ1n) is 13.0. The molecule has 5 rings (SSSR count). The van der Waals surface area contributed by atoms with Gasteiger partial charge in [-0.2, -0.15) is 0 Å². The van der Waals surface area contributed by atoms with Gasteiger partial charge in [0.05, 0.1) is 0 Å². The molecule has 4 aliphatic carbocycles. The van der Waals surface area contributed by atoms with Crippen molar-refractivity contribution in [2.75, 3.05) is 19.0 Å². The van der Waals surface area contributed by atoms with Gasteiger partial charge in [0.2, 0.25) is 0 Å². The lowest BCUT2D eigenvalue weighted by Crippen LogP contribution is -2.57. The van der Waals surface area contributed by atoms with E-state index in [0.717, 1.165) is 37.8 Å². The van der Waals surface area contributed by atoms with Gasteiger partial charge in [0.25, 0.3) is 0 Å². The molecule has 0 heterocycles. The Bertz CT molecular complexity index is 1140. The standard InChI is InChI=1S/C30H37NO4/c1-18(32)30(35-19(2)33)15-14-27-25-12-8-21-16-23(34)11-13-24(21)28(25)26(17-29(27,30)3)20-6-9-22(10-7-20)31(4)5/h6-7,9-10,16,25-27H,8,11-15,17H2,1-5H3/t25?,26?,27-,29?,30-/m0/s1. The molecule has 2 saturated carbocycles. The van der Waals surface area contributed by atoms with Gasteiger partial charge in [-0.05, 0) is 92.2 Å². The van der Waals surface area contributed by atoms with Gasteiger partial charge < -0.3 is 9.64 Å². The molecule has 0 bridgehead atoms. The molecule has 5 nitrogen and oxygen atoms in total. The maximum absolute atomic E-state index is 13.2. The lowest BCUT2D eigenvalue weighted by atomic mass is 9.50. The van der Waals surface area contributed by atoms with E-state index in [-0.39, 0.29) is 29.4 Å². The molecule has 5 atom stereocenters. The van der Waals surface area contributed by atoms with Crippen LogP contribution in [-0.2, 0) is 19.1 Å². The average Bonchev–Trinajstić information content (AvgIpc) is 3.10. The molecule has 1 aromatic rings. The molecular weight excluding hydrogens is 438 g/mol. The normalized spacial score (nSPS) is 33.9. The summed E-state index contributed by atoms with van der Waals surface area (Å²) in [5.41, 5.74) is 4.98. The lowest BCUT2D eigenvalue weighted by Gasteiger charge is -2.55. The zero-order valence-electron chi connectivity index (χ0n) is 21.6. The third-order valence-corrected chi connectivity index (χ3v) is 9.55. The number of rotatable bonds is 4. The maximum atomic E-state index is 13.2. The Hall–Kier alpha value is -2.69. The second-order valence-corrected chi connectivity index (χ2v) is 11.5. The minimum atomic E-state index is -1.07. The van der Waals surface area contributed by atoms with Crippen molar-refractivity contribution < 1.29 is 19.1 Å². The molecule has 0 saturated heterocycles. The van der Waals surface area contributed by atoms with Crippen molar-refractivity contribution in [1.82, 2.24) is 0 Å². The number of carbonyl (C=O) groups is 3. The summed E-state index contributed by atoms with van der Waals surface area (Å²) >= 11 is 0. The molecule has 0 radical (unpaired) electrons. The zero-order valence-corrected chi connectivity index (χ0v) is 21.6. The monoisotopic (exact) mass is 475 g/mol. The number of nitrogens with zero attached hydrogens (tertiary/aromatic N) is 1. The summed E-state index contributed by atoms with van der Waals surface area (Å²) in [4.78, 5) is 39.8. The Morgan fingerprint density at radius 3 is 2.37 bits per heavy atom. The molecule has 35 heavy (non-hydrogen) atoms. The predicted molar refractivity (Wildman–Crippen MR) is 136 cm³/mol. The average molecular weight is 476 g/mol. The van der Waals surface area contributed by atoms with Crippen LogP contribution in [0.4, 0.5) is 5.69 Å². The van der Waals surface area contributed by atoms with Crippen molar-refractivity contribution in [1.29, 1.82) is 0 Å². The number of ether oxygens (including phenoxy) is 1. The Morgan fingerprint density at radius 1 is 1.03 bits per heavy atom. The van der Waals surface area contributed by atoms with Crippen molar-refractivity contribution in [2.45, 2.75) is 77.2 Å². The van der Waals surface area contributed by atoms with Crippen LogP contribution in [0.2, 0.25) is 0 Å². The lowest BCUT2D eigenvalue weighted by molar-refractivity contribution is -0.182. The van der Waals surface area contributed by atoms with Crippen LogP contribution in [-0.4, -0.2) is 37.2 Å². The topological polar surface area (TPSA) is 63.7 Å². The summed E-state index contributed by atoms with van der Waals surface area (Å²) in [7, 11) is 4.08. The highest BCUT2D eigenvalue weighted by Gasteiger charge is 2.67. The van der Waals surface area contributed by atoms with Crippen LogP contribution in [0.1, 0.15) is 77.2 Å². The molecule has 0 aromatic heterocycles. The molecule has 0 spiro atoms. The van der Waals surface area contributed by atoms with E-state index in [1.807, 2.05) is 20.2 Å². The number of allylic oxidation sites excluding steroid dienone is 4. The highest BCUT2D eigenvalue weighted by atomic mass is 16.6. The summed E-state index contributed by atoms with van der Waals surface area (Å²) in [5.74, 6) is 0.584. The minimum absolute atomic E-state index is 0.0323. The predicted octanol–water partition coefficient (Wildman–Crippen LogP) is 5.54. The van der Waals surface area contributed by atoms with Gasteiger partial charge in [-0.3, -0.25) is 14.4 Å². The van der Waals surface area contributed by atoms with Gasteiger partial charge >= 0.3 is 5.97 Å². The van der Waals surface area contributed by atoms with E-state index >= 15 is 0 Å². The summed E-state index contributed by atoms with van der Waals surface area (Å²) < 4.78 is 6.00. The van der Waals surface area contributed by atoms with Crippen molar-refractivity contribution >= 4 is 23.2 Å². The van der Waals surface area contributed by atoms with Gasteiger partial charge in [0, 0.05) is 44.5 Å². The Kier molecular flexibility index (Phi) is 5.81.